The van der Waals surface area contributed by atoms with E-state index in [1.165, 1.54) is 0 Å². The number of hydrogen-bond donors (Lipinski definition) is 0. The van der Waals surface area contributed by atoms with Crippen molar-refractivity contribution < 1.29 is 14.3 Å². The Hall–Kier alpha value is -2.98. The smallest absolute Gasteiger partial charge is 0.340 e. The number of hydrogen-bond acceptors (Lipinski definition) is 4. The van der Waals surface area contributed by atoms with E-state index in [9.17, 15) is 4.79 Å². The Labute approximate surface area is 153 Å². The molecular formula is C22H21NO3. The largest absolute Gasteiger partial charge is 0.458 e. The predicted octanol–water partition coefficient (Wildman–Crippen LogP) is 4.56. The summed E-state index contributed by atoms with van der Waals surface area (Å²) in [6.07, 6.45) is 3.75. The van der Waals surface area contributed by atoms with Gasteiger partial charge in [-0.2, -0.15) is 0 Å². The third-order valence-corrected chi connectivity index (χ3v) is 4.13. The summed E-state index contributed by atoms with van der Waals surface area (Å²) in [6, 6.07) is 17.6. The number of aryl methyl sites for hydroxylation is 1. The molecule has 0 bridgehead atoms. The molecule has 0 atom stereocenters. The molecule has 26 heavy (non-hydrogen) atoms. The van der Waals surface area contributed by atoms with E-state index in [4.69, 9.17) is 9.47 Å². The number of esters is 1. The number of rotatable bonds is 6. The maximum Gasteiger partial charge on any atom is 0.340 e. The van der Waals surface area contributed by atoms with Crippen LogP contribution >= 0.6 is 0 Å². The van der Waals surface area contributed by atoms with Crippen molar-refractivity contribution in [1.82, 2.24) is 4.98 Å². The van der Waals surface area contributed by atoms with Crippen molar-refractivity contribution >= 4 is 22.9 Å². The monoisotopic (exact) mass is 347 g/mol. The minimum absolute atomic E-state index is 0.201. The number of methoxy groups -OCH3 is 1. The quantitative estimate of drug-likeness (QED) is 0.613. The lowest BCUT2D eigenvalue weighted by molar-refractivity contribution is 0.0543. The Kier molecular flexibility index (Phi) is 5.77. The zero-order valence-electron chi connectivity index (χ0n) is 14.9. The summed E-state index contributed by atoms with van der Waals surface area (Å²) in [5.74, 6) is -0.384. The van der Waals surface area contributed by atoms with Crippen molar-refractivity contribution in [2.75, 3.05) is 13.7 Å². The van der Waals surface area contributed by atoms with Crippen molar-refractivity contribution in [2.24, 2.45) is 0 Å². The fourth-order valence-electron chi connectivity index (χ4n) is 2.90. The highest BCUT2D eigenvalue weighted by atomic mass is 16.5. The highest BCUT2D eigenvalue weighted by Gasteiger charge is 2.19. The van der Waals surface area contributed by atoms with Crippen LogP contribution in [-0.2, 0) is 16.1 Å². The van der Waals surface area contributed by atoms with Gasteiger partial charge in [0.1, 0.15) is 6.61 Å². The molecule has 0 unspecified atom stereocenters. The molecule has 0 aliphatic heterocycles. The lowest BCUT2D eigenvalue weighted by Crippen LogP contribution is -2.13. The molecule has 0 spiro atoms. The van der Waals surface area contributed by atoms with Gasteiger partial charge >= 0.3 is 5.97 Å². The van der Waals surface area contributed by atoms with Crippen LogP contribution in [0.3, 0.4) is 0 Å². The van der Waals surface area contributed by atoms with Crippen molar-refractivity contribution in [1.29, 1.82) is 0 Å². The molecule has 0 aliphatic carbocycles. The van der Waals surface area contributed by atoms with Gasteiger partial charge in [-0.05, 0) is 30.2 Å². The molecule has 0 saturated heterocycles. The molecule has 0 N–H and O–H groups in total. The lowest BCUT2D eigenvalue weighted by Gasteiger charge is -2.13. The Bertz CT molecular complexity index is 933. The molecule has 2 aromatic carbocycles. The van der Waals surface area contributed by atoms with E-state index in [0.29, 0.717) is 11.3 Å². The van der Waals surface area contributed by atoms with Crippen molar-refractivity contribution in [3.63, 3.8) is 0 Å². The molecule has 0 aliphatic rings. The fraction of sp³-hybridized carbons (Fsp3) is 0.182. The number of benzene rings is 2. The van der Waals surface area contributed by atoms with Crippen molar-refractivity contribution in [3.8, 4) is 0 Å². The first-order chi connectivity index (χ1) is 12.7. The number of fused-ring (bicyclic) bond motifs is 1. The van der Waals surface area contributed by atoms with Gasteiger partial charge < -0.3 is 9.47 Å². The molecular weight excluding hydrogens is 326 g/mol. The van der Waals surface area contributed by atoms with Crippen LogP contribution < -0.4 is 0 Å². The highest BCUT2D eigenvalue weighted by Crippen LogP contribution is 2.24. The molecule has 0 fully saturated rings. The van der Waals surface area contributed by atoms with E-state index in [-0.39, 0.29) is 19.2 Å². The van der Waals surface area contributed by atoms with E-state index in [1.807, 2.05) is 73.7 Å². The Morgan fingerprint density at radius 3 is 2.58 bits per heavy atom. The average Bonchev–Trinajstić information content (AvgIpc) is 2.66. The minimum atomic E-state index is -0.384. The Morgan fingerprint density at radius 2 is 1.81 bits per heavy atom. The normalized spacial score (nSPS) is 11.2. The average molecular weight is 347 g/mol. The van der Waals surface area contributed by atoms with Gasteiger partial charge in [-0.1, -0.05) is 54.6 Å². The topological polar surface area (TPSA) is 48.4 Å². The van der Waals surface area contributed by atoms with Crippen LogP contribution in [-0.4, -0.2) is 24.7 Å². The zero-order chi connectivity index (χ0) is 18.4. The molecule has 132 valence electrons. The second-order valence-electron chi connectivity index (χ2n) is 5.92. The number of carbonyl (C=O) groups excluding carboxylic acids is 1. The van der Waals surface area contributed by atoms with Crippen LogP contribution in [0.5, 0.6) is 0 Å². The number of nitrogens with zero attached hydrogens (tertiary/aromatic N) is 1. The SMILES string of the molecule is COCc1nc2ccccc2c(C)c1C(=O)OC/C=C/c1ccccc1. The molecule has 0 radical (unpaired) electrons. The van der Waals surface area contributed by atoms with E-state index < -0.39 is 0 Å². The standard InChI is InChI=1S/C22H21NO3/c1-16-18-12-6-7-13-19(18)23-20(15-25-2)21(16)22(24)26-14-8-11-17-9-4-3-5-10-17/h3-13H,14-15H2,1-2H3/b11-8+. The van der Waals surface area contributed by atoms with Crippen LogP contribution in [0.2, 0.25) is 0 Å². The molecule has 1 heterocycles. The van der Waals surface area contributed by atoms with Crippen LogP contribution in [0.15, 0.2) is 60.7 Å². The van der Waals surface area contributed by atoms with Gasteiger partial charge in [-0.3, -0.25) is 0 Å². The van der Waals surface area contributed by atoms with Crippen LogP contribution in [0.1, 0.15) is 27.2 Å². The molecule has 1 aromatic heterocycles. The fourth-order valence-corrected chi connectivity index (χ4v) is 2.90. The third kappa shape index (κ3) is 3.98. The van der Waals surface area contributed by atoms with E-state index >= 15 is 0 Å². The molecule has 3 aromatic rings. The first-order valence-corrected chi connectivity index (χ1v) is 8.46. The predicted molar refractivity (Wildman–Crippen MR) is 103 cm³/mol. The third-order valence-electron chi connectivity index (χ3n) is 4.13. The number of ether oxygens (including phenoxy) is 2. The van der Waals surface area contributed by atoms with Gasteiger partial charge in [0.25, 0.3) is 0 Å². The first kappa shape index (κ1) is 17.8. The summed E-state index contributed by atoms with van der Waals surface area (Å²) in [6.45, 7) is 2.38. The van der Waals surface area contributed by atoms with Crippen LogP contribution in [0, 0.1) is 6.92 Å². The van der Waals surface area contributed by atoms with Gasteiger partial charge in [0.15, 0.2) is 0 Å². The Morgan fingerprint density at radius 1 is 1.08 bits per heavy atom. The summed E-state index contributed by atoms with van der Waals surface area (Å²) < 4.78 is 10.7. The summed E-state index contributed by atoms with van der Waals surface area (Å²) >= 11 is 0. The van der Waals surface area contributed by atoms with Crippen LogP contribution in [0.25, 0.3) is 17.0 Å². The minimum Gasteiger partial charge on any atom is -0.458 e. The van der Waals surface area contributed by atoms with Crippen molar-refractivity contribution in [2.45, 2.75) is 13.5 Å². The summed E-state index contributed by atoms with van der Waals surface area (Å²) in [7, 11) is 1.59. The van der Waals surface area contributed by atoms with Gasteiger partial charge in [-0.15, -0.1) is 0 Å². The van der Waals surface area contributed by atoms with Gasteiger partial charge in [0.05, 0.1) is 23.4 Å². The Balaban J connectivity index is 1.81. The van der Waals surface area contributed by atoms with Gasteiger partial charge in [-0.25, -0.2) is 9.78 Å². The molecule has 4 nitrogen and oxygen atoms in total. The maximum absolute atomic E-state index is 12.7. The first-order valence-electron chi connectivity index (χ1n) is 8.46. The molecule has 0 amide bonds. The van der Waals surface area contributed by atoms with Gasteiger partial charge in [0.2, 0.25) is 0 Å². The van der Waals surface area contributed by atoms with Crippen molar-refractivity contribution in [3.05, 3.63) is 83.1 Å². The number of pyridine rings is 1. The number of carbonyl (C=O) groups is 1. The summed E-state index contributed by atoms with van der Waals surface area (Å²) in [5.41, 5.74) is 3.85. The molecule has 3 rings (SSSR count). The van der Waals surface area contributed by atoms with E-state index in [2.05, 4.69) is 4.98 Å². The van der Waals surface area contributed by atoms with E-state index in [1.54, 1.807) is 7.11 Å². The maximum atomic E-state index is 12.7. The molecule has 4 heteroatoms. The summed E-state index contributed by atoms with van der Waals surface area (Å²) in [4.78, 5) is 17.2. The van der Waals surface area contributed by atoms with Gasteiger partial charge in [0, 0.05) is 12.5 Å². The lowest BCUT2D eigenvalue weighted by atomic mass is 10.0. The number of para-hydroxylation sites is 1. The highest BCUT2D eigenvalue weighted by molar-refractivity contribution is 5.98. The van der Waals surface area contributed by atoms with E-state index in [0.717, 1.165) is 22.0 Å². The second-order valence-corrected chi connectivity index (χ2v) is 5.92. The van der Waals surface area contributed by atoms with Crippen LogP contribution in [0.4, 0.5) is 0 Å². The zero-order valence-corrected chi connectivity index (χ0v) is 14.9. The number of aromatic nitrogens is 1. The second kappa shape index (κ2) is 8.41. The molecule has 0 saturated carbocycles. The summed E-state index contributed by atoms with van der Waals surface area (Å²) in [5, 5.41) is 0.944.